The van der Waals surface area contributed by atoms with E-state index >= 15 is 0 Å². The topological polar surface area (TPSA) is 85.7 Å². The van der Waals surface area contributed by atoms with E-state index in [0.717, 1.165) is 22.7 Å². The number of aromatic hydroxyl groups is 1. The quantitative estimate of drug-likeness (QED) is 0.699. The average Bonchev–Trinajstić information content (AvgIpc) is 2.67. The molecule has 0 radical (unpaired) electrons. The predicted octanol–water partition coefficient (Wildman–Crippen LogP) is 1.57. The highest BCUT2D eigenvalue weighted by molar-refractivity contribution is 6.21. The van der Waals surface area contributed by atoms with Gasteiger partial charge in [-0.3, -0.25) is 4.99 Å². The Hall–Kier alpha value is -2.30. The van der Waals surface area contributed by atoms with E-state index in [1.807, 2.05) is 6.20 Å². The lowest BCUT2D eigenvalue weighted by atomic mass is 10.1. The summed E-state index contributed by atoms with van der Waals surface area (Å²) in [5, 5.41) is 18.7. The number of phenolic OH excluding ortho intramolecular Hbond substituents is 1. The number of aromatic nitrogens is 1. The number of carboxylic acid groups (broad SMARTS) is 1. The summed E-state index contributed by atoms with van der Waals surface area (Å²) in [5.41, 5.74) is 1.96. The second-order valence-electron chi connectivity index (χ2n) is 3.67. The van der Waals surface area contributed by atoms with E-state index < -0.39 is 5.97 Å². The summed E-state index contributed by atoms with van der Waals surface area (Å²) in [5.74, 6) is -0.825. The van der Waals surface area contributed by atoms with Crippen LogP contribution in [-0.4, -0.2) is 33.9 Å². The molecule has 5 heteroatoms. The zero-order valence-electron chi connectivity index (χ0n) is 9.05. The molecule has 0 atom stereocenters. The lowest BCUT2D eigenvalue weighted by molar-refractivity contribution is -0.128. The van der Waals surface area contributed by atoms with E-state index in [2.05, 4.69) is 9.98 Å². The summed E-state index contributed by atoms with van der Waals surface area (Å²) >= 11 is 0. The van der Waals surface area contributed by atoms with Crippen molar-refractivity contribution in [2.24, 2.45) is 4.99 Å². The molecule has 0 spiro atoms. The number of rotatable bonds is 4. The van der Waals surface area contributed by atoms with Crippen LogP contribution in [0.2, 0.25) is 0 Å². The van der Waals surface area contributed by atoms with Crippen LogP contribution < -0.4 is 0 Å². The smallest absolute Gasteiger partial charge is 0.346 e. The van der Waals surface area contributed by atoms with Gasteiger partial charge < -0.3 is 15.2 Å². The lowest BCUT2D eigenvalue weighted by Gasteiger charge is -1.97. The number of H-pyrrole nitrogens is 1. The van der Waals surface area contributed by atoms with Gasteiger partial charge in [-0.05, 0) is 30.2 Å². The molecule has 88 valence electrons. The first-order chi connectivity index (χ1) is 8.16. The Kier molecular flexibility index (Phi) is 3.09. The number of aliphatic imine (C=N–C) groups is 1. The number of aromatic amines is 1. The molecule has 0 amide bonds. The summed E-state index contributed by atoms with van der Waals surface area (Å²) in [7, 11) is 0. The van der Waals surface area contributed by atoms with Gasteiger partial charge in [0.05, 0.1) is 0 Å². The summed E-state index contributed by atoms with van der Waals surface area (Å²) in [4.78, 5) is 17.1. The van der Waals surface area contributed by atoms with Crippen LogP contribution in [-0.2, 0) is 11.2 Å². The van der Waals surface area contributed by atoms with Gasteiger partial charge in [-0.25, -0.2) is 4.79 Å². The molecule has 3 N–H and O–H groups in total. The number of nitrogens with zero attached hydrogens (tertiary/aromatic N) is 1. The minimum absolute atomic E-state index is 0.215. The third kappa shape index (κ3) is 2.63. The number of fused-ring (bicyclic) bond motifs is 1. The molecular weight excluding hydrogens is 220 g/mol. The number of benzene rings is 1. The van der Waals surface area contributed by atoms with Crippen molar-refractivity contribution >= 4 is 23.1 Å². The van der Waals surface area contributed by atoms with Crippen LogP contribution in [0.25, 0.3) is 10.9 Å². The maximum atomic E-state index is 10.2. The Bertz CT molecular complexity index is 572. The molecule has 0 unspecified atom stereocenters. The second-order valence-corrected chi connectivity index (χ2v) is 3.67. The average molecular weight is 232 g/mol. The molecule has 0 aliphatic carbocycles. The molecule has 1 heterocycles. The Morgan fingerprint density at radius 3 is 3.06 bits per heavy atom. The highest BCUT2D eigenvalue weighted by atomic mass is 16.4. The zero-order chi connectivity index (χ0) is 12.3. The second kappa shape index (κ2) is 4.69. The van der Waals surface area contributed by atoms with Gasteiger partial charge in [-0.2, -0.15) is 0 Å². The van der Waals surface area contributed by atoms with Crippen molar-refractivity contribution in [3.05, 3.63) is 30.0 Å². The van der Waals surface area contributed by atoms with E-state index in [0.29, 0.717) is 13.0 Å². The van der Waals surface area contributed by atoms with Gasteiger partial charge in [-0.15, -0.1) is 0 Å². The zero-order valence-corrected chi connectivity index (χ0v) is 9.05. The van der Waals surface area contributed by atoms with Crippen LogP contribution in [0.4, 0.5) is 0 Å². The molecule has 0 bridgehead atoms. The van der Waals surface area contributed by atoms with Gasteiger partial charge in [0.25, 0.3) is 0 Å². The monoisotopic (exact) mass is 232 g/mol. The molecule has 2 rings (SSSR count). The molecule has 2 aromatic rings. The molecule has 1 aromatic carbocycles. The Balaban J connectivity index is 2.13. The number of phenols is 1. The summed E-state index contributed by atoms with van der Waals surface area (Å²) < 4.78 is 0. The van der Waals surface area contributed by atoms with E-state index in [-0.39, 0.29) is 5.75 Å². The maximum Gasteiger partial charge on any atom is 0.346 e. The van der Waals surface area contributed by atoms with Gasteiger partial charge in [0.2, 0.25) is 0 Å². The fourth-order valence-corrected chi connectivity index (χ4v) is 1.70. The molecule has 5 nitrogen and oxygen atoms in total. The minimum Gasteiger partial charge on any atom is -0.508 e. The van der Waals surface area contributed by atoms with Crippen molar-refractivity contribution in [1.29, 1.82) is 0 Å². The largest absolute Gasteiger partial charge is 0.508 e. The summed E-state index contributed by atoms with van der Waals surface area (Å²) in [6.07, 6.45) is 3.37. The van der Waals surface area contributed by atoms with Crippen molar-refractivity contribution in [2.45, 2.75) is 6.42 Å². The highest BCUT2D eigenvalue weighted by Gasteiger charge is 2.03. The molecule has 1 aromatic heterocycles. The highest BCUT2D eigenvalue weighted by Crippen LogP contribution is 2.23. The fraction of sp³-hybridized carbons (Fsp3) is 0.167. The number of carbonyl (C=O) groups is 1. The number of hydrogen-bond acceptors (Lipinski definition) is 3. The maximum absolute atomic E-state index is 10.2. The molecule has 0 aliphatic rings. The normalized spacial score (nSPS) is 11.3. The van der Waals surface area contributed by atoms with E-state index in [4.69, 9.17) is 5.11 Å². The first-order valence-electron chi connectivity index (χ1n) is 5.18. The van der Waals surface area contributed by atoms with Gasteiger partial charge in [0.15, 0.2) is 0 Å². The molecule has 0 aliphatic heterocycles. The number of carboxylic acids is 1. The number of hydrogen-bond donors (Lipinski definition) is 3. The summed E-state index contributed by atoms with van der Waals surface area (Å²) in [6.45, 7) is 0.412. The molecular formula is C12H12N2O3. The van der Waals surface area contributed by atoms with E-state index in [1.165, 1.54) is 0 Å². The van der Waals surface area contributed by atoms with Crippen molar-refractivity contribution in [3.8, 4) is 5.75 Å². The molecule has 0 fully saturated rings. The van der Waals surface area contributed by atoms with Crippen LogP contribution in [0.5, 0.6) is 5.75 Å². The predicted molar refractivity (Wildman–Crippen MR) is 64.7 cm³/mol. The minimum atomic E-state index is -1.04. The van der Waals surface area contributed by atoms with Crippen LogP contribution in [0.3, 0.4) is 0 Å². The first kappa shape index (κ1) is 11.2. The third-order valence-electron chi connectivity index (χ3n) is 2.46. The Morgan fingerprint density at radius 1 is 1.47 bits per heavy atom. The first-order valence-corrected chi connectivity index (χ1v) is 5.18. The van der Waals surface area contributed by atoms with Gasteiger partial charge in [-0.1, -0.05) is 0 Å². The van der Waals surface area contributed by atoms with Crippen LogP contribution in [0, 0.1) is 0 Å². The Morgan fingerprint density at radius 2 is 2.29 bits per heavy atom. The SMILES string of the molecule is O=C(O)C=NCCc1c[nH]c2ccc(O)cc12. The number of aliphatic carboxylic acids is 1. The van der Waals surface area contributed by atoms with Crippen LogP contribution in [0.15, 0.2) is 29.4 Å². The van der Waals surface area contributed by atoms with Gasteiger partial charge in [0, 0.05) is 23.6 Å². The summed E-state index contributed by atoms with van der Waals surface area (Å²) in [6, 6.07) is 5.10. The van der Waals surface area contributed by atoms with Gasteiger partial charge >= 0.3 is 5.97 Å². The van der Waals surface area contributed by atoms with Crippen molar-refractivity contribution in [1.82, 2.24) is 4.98 Å². The van der Waals surface area contributed by atoms with Gasteiger partial charge in [0.1, 0.15) is 12.0 Å². The lowest BCUT2D eigenvalue weighted by Crippen LogP contribution is -1.97. The van der Waals surface area contributed by atoms with E-state index in [1.54, 1.807) is 18.2 Å². The van der Waals surface area contributed by atoms with Crippen molar-refractivity contribution in [3.63, 3.8) is 0 Å². The fourth-order valence-electron chi connectivity index (χ4n) is 1.70. The van der Waals surface area contributed by atoms with Crippen molar-refractivity contribution < 1.29 is 15.0 Å². The van der Waals surface area contributed by atoms with Crippen molar-refractivity contribution in [2.75, 3.05) is 6.54 Å². The van der Waals surface area contributed by atoms with E-state index in [9.17, 15) is 9.90 Å². The third-order valence-corrected chi connectivity index (χ3v) is 2.46. The standard InChI is InChI=1S/C12H12N2O3/c15-9-1-2-11-10(5-9)8(6-14-11)3-4-13-7-12(16)17/h1-2,5-7,14-15H,3-4H2,(H,16,17). The molecule has 17 heavy (non-hydrogen) atoms. The van der Waals surface area contributed by atoms with Crippen LogP contribution >= 0.6 is 0 Å². The molecule has 0 saturated carbocycles. The Labute approximate surface area is 97.4 Å². The number of nitrogens with one attached hydrogen (secondary N) is 1. The molecule has 0 saturated heterocycles. The van der Waals surface area contributed by atoms with Crippen LogP contribution in [0.1, 0.15) is 5.56 Å².